The molecule has 12 heteroatoms. The van der Waals surface area contributed by atoms with Crippen LogP contribution in [-0.2, 0) is 29.0 Å². The SMILES string of the molecule is COC(=O)C(C)c1c(-c2ccc(Cl)c(C(=O)OC(C)(C)C)c2S(=O)(=O)NC2CCCCC2)n(C(=O)OC(C)(C)C)c2ccccc12. The maximum atomic E-state index is 14.5. The van der Waals surface area contributed by atoms with Gasteiger partial charge in [0.1, 0.15) is 16.1 Å². The third-order valence-corrected chi connectivity index (χ3v) is 9.56. The molecule has 0 amide bonds. The van der Waals surface area contributed by atoms with Crippen molar-refractivity contribution in [2.24, 2.45) is 0 Å². The van der Waals surface area contributed by atoms with E-state index in [9.17, 15) is 22.8 Å². The zero-order chi connectivity index (χ0) is 34.2. The largest absolute Gasteiger partial charge is 0.469 e. The number of hydrogen-bond donors (Lipinski definition) is 1. The molecule has 46 heavy (non-hydrogen) atoms. The first-order valence-corrected chi connectivity index (χ1v) is 17.3. The molecule has 0 bridgehead atoms. The Balaban J connectivity index is 2.18. The van der Waals surface area contributed by atoms with E-state index in [0.29, 0.717) is 29.3 Å². The summed E-state index contributed by atoms with van der Waals surface area (Å²) in [6.45, 7) is 11.7. The number of benzene rings is 2. The second kappa shape index (κ2) is 13.4. The van der Waals surface area contributed by atoms with E-state index in [2.05, 4.69) is 4.72 Å². The summed E-state index contributed by atoms with van der Waals surface area (Å²) >= 11 is 6.64. The topological polar surface area (TPSA) is 130 Å². The Bertz CT molecular complexity index is 1760. The van der Waals surface area contributed by atoms with Crippen LogP contribution in [0.2, 0.25) is 5.02 Å². The maximum Gasteiger partial charge on any atom is 0.419 e. The van der Waals surface area contributed by atoms with Gasteiger partial charge in [-0.3, -0.25) is 4.79 Å². The number of aromatic nitrogens is 1. The van der Waals surface area contributed by atoms with Gasteiger partial charge in [-0.25, -0.2) is 27.3 Å². The fourth-order valence-corrected chi connectivity index (χ4v) is 7.80. The highest BCUT2D eigenvalue weighted by atomic mass is 35.5. The summed E-state index contributed by atoms with van der Waals surface area (Å²) in [6, 6.07) is 9.32. The first-order valence-electron chi connectivity index (χ1n) is 15.4. The van der Waals surface area contributed by atoms with Crippen LogP contribution >= 0.6 is 11.6 Å². The van der Waals surface area contributed by atoms with E-state index in [0.717, 1.165) is 19.3 Å². The van der Waals surface area contributed by atoms with Crippen LogP contribution in [0.25, 0.3) is 22.2 Å². The molecule has 4 rings (SSSR count). The zero-order valence-corrected chi connectivity index (χ0v) is 29.2. The Hall–Kier alpha value is -3.41. The first-order chi connectivity index (χ1) is 21.4. The van der Waals surface area contributed by atoms with Gasteiger partial charge in [0, 0.05) is 22.6 Å². The number of hydrogen-bond acceptors (Lipinski definition) is 8. The van der Waals surface area contributed by atoms with Gasteiger partial charge < -0.3 is 14.2 Å². The Morgan fingerprint density at radius 1 is 0.935 bits per heavy atom. The number of nitrogens with zero attached hydrogens (tertiary/aromatic N) is 1. The summed E-state index contributed by atoms with van der Waals surface area (Å²) in [5, 5.41) is 0.350. The highest BCUT2D eigenvalue weighted by molar-refractivity contribution is 7.89. The van der Waals surface area contributed by atoms with E-state index in [1.54, 1.807) is 72.7 Å². The lowest BCUT2D eigenvalue weighted by atomic mass is 9.94. The minimum absolute atomic E-state index is 0.0265. The second-order valence-electron chi connectivity index (χ2n) is 13.6. The molecule has 1 heterocycles. The Labute approximate surface area is 275 Å². The molecule has 1 atom stereocenters. The molecule has 250 valence electrons. The molecule has 0 radical (unpaired) electrons. The molecule has 1 aromatic heterocycles. The van der Waals surface area contributed by atoms with Gasteiger partial charge in [0.2, 0.25) is 10.0 Å². The number of carbonyl (C=O) groups excluding carboxylic acids is 3. The van der Waals surface area contributed by atoms with Gasteiger partial charge in [-0.15, -0.1) is 0 Å². The smallest absolute Gasteiger partial charge is 0.419 e. The average molecular weight is 675 g/mol. The number of methoxy groups -OCH3 is 1. The van der Waals surface area contributed by atoms with Crippen LogP contribution in [0.4, 0.5) is 4.79 Å². The van der Waals surface area contributed by atoms with E-state index in [-0.39, 0.29) is 27.9 Å². The fraction of sp³-hybridized carbons (Fsp3) is 0.500. The highest BCUT2D eigenvalue weighted by Gasteiger charge is 2.38. The van der Waals surface area contributed by atoms with Crippen LogP contribution in [0.1, 0.15) is 102 Å². The molecule has 1 fully saturated rings. The predicted molar refractivity (Wildman–Crippen MR) is 177 cm³/mol. The molecule has 0 spiro atoms. The summed E-state index contributed by atoms with van der Waals surface area (Å²) in [5.41, 5.74) is -1.57. The molecule has 1 aliphatic rings. The van der Waals surface area contributed by atoms with E-state index in [1.165, 1.54) is 23.8 Å². The Morgan fingerprint density at radius 2 is 1.54 bits per heavy atom. The monoisotopic (exact) mass is 674 g/mol. The number of fused-ring (bicyclic) bond motifs is 1. The van der Waals surface area contributed by atoms with Crippen molar-refractivity contribution in [3.8, 4) is 11.3 Å². The number of nitrogens with one attached hydrogen (secondary N) is 1. The minimum Gasteiger partial charge on any atom is -0.469 e. The number of carbonyl (C=O) groups is 3. The van der Waals surface area contributed by atoms with Gasteiger partial charge in [0.05, 0.1) is 34.8 Å². The van der Waals surface area contributed by atoms with Crippen LogP contribution in [0, 0.1) is 0 Å². The number of sulfonamides is 1. The maximum absolute atomic E-state index is 14.5. The number of esters is 2. The molecule has 1 N–H and O–H groups in total. The van der Waals surface area contributed by atoms with Crippen molar-refractivity contribution in [3.63, 3.8) is 0 Å². The fourth-order valence-electron chi connectivity index (χ4n) is 5.80. The highest BCUT2D eigenvalue weighted by Crippen LogP contribution is 2.44. The quantitative estimate of drug-likeness (QED) is 0.200. The number of ether oxygens (including phenoxy) is 3. The molecule has 2 aromatic carbocycles. The molecular weight excluding hydrogens is 632 g/mol. The molecule has 1 aliphatic carbocycles. The van der Waals surface area contributed by atoms with Crippen LogP contribution in [-0.4, -0.2) is 55.4 Å². The number of para-hydroxylation sites is 1. The average Bonchev–Trinajstić information content (AvgIpc) is 3.29. The van der Waals surface area contributed by atoms with E-state index < -0.39 is 50.1 Å². The van der Waals surface area contributed by atoms with Crippen molar-refractivity contribution in [1.82, 2.24) is 9.29 Å². The molecule has 10 nitrogen and oxygen atoms in total. The van der Waals surface area contributed by atoms with Crippen molar-refractivity contribution >= 4 is 50.6 Å². The molecular formula is C34H43ClN2O8S. The standard InChI is InChI=1S/C34H43ClN2O8S/c1-20(30(38)43-8)26-22-16-12-13-17-25(22)37(32(40)45-34(5,6)7)28(26)23-18-19-24(35)27(31(39)44-33(2,3)4)29(23)46(41,42)36-21-14-10-9-11-15-21/h12-13,16-21,36H,9-11,14-15H2,1-8H3. The van der Waals surface area contributed by atoms with Crippen molar-refractivity contribution < 1.29 is 37.0 Å². The summed E-state index contributed by atoms with van der Waals surface area (Å²) in [7, 11) is -3.24. The lowest BCUT2D eigenvalue weighted by Gasteiger charge is -2.26. The van der Waals surface area contributed by atoms with E-state index >= 15 is 0 Å². The van der Waals surface area contributed by atoms with Crippen LogP contribution in [0.5, 0.6) is 0 Å². The van der Waals surface area contributed by atoms with Crippen LogP contribution < -0.4 is 4.72 Å². The zero-order valence-electron chi connectivity index (χ0n) is 27.7. The van der Waals surface area contributed by atoms with Crippen molar-refractivity contribution in [1.29, 1.82) is 0 Å². The predicted octanol–water partition coefficient (Wildman–Crippen LogP) is 7.59. The van der Waals surface area contributed by atoms with E-state index in [1.807, 2.05) is 0 Å². The van der Waals surface area contributed by atoms with Crippen LogP contribution in [0.3, 0.4) is 0 Å². The van der Waals surface area contributed by atoms with Gasteiger partial charge in [-0.2, -0.15) is 0 Å². The third-order valence-electron chi connectivity index (χ3n) is 7.64. The van der Waals surface area contributed by atoms with Crippen molar-refractivity contribution in [2.45, 2.75) is 109 Å². The van der Waals surface area contributed by atoms with Gasteiger partial charge >= 0.3 is 18.0 Å². The third kappa shape index (κ3) is 7.58. The number of rotatable bonds is 7. The minimum atomic E-state index is -4.49. The molecule has 3 aromatic rings. The van der Waals surface area contributed by atoms with Gasteiger partial charge in [-0.1, -0.05) is 49.1 Å². The molecule has 1 saturated carbocycles. The van der Waals surface area contributed by atoms with Crippen molar-refractivity contribution in [3.05, 3.63) is 52.5 Å². The summed E-state index contributed by atoms with van der Waals surface area (Å²) in [6.07, 6.45) is 3.14. The molecule has 1 unspecified atom stereocenters. The summed E-state index contributed by atoms with van der Waals surface area (Å²) in [4.78, 5) is 40.5. The lowest BCUT2D eigenvalue weighted by molar-refractivity contribution is -0.141. The molecule has 0 saturated heterocycles. The van der Waals surface area contributed by atoms with E-state index in [4.69, 9.17) is 25.8 Å². The lowest BCUT2D eigenvalue weighted by Crippen LogP contribution is -2.37. The molecule has 0 aliphatic heterocycles. The summed E-state index contributed by atoms with van der Waals surface area (Å²) in [5.74, 6) is -2.53. The second-order valence-corrected chi connectivity index (χ2v) is 15.7. The Kier molecular flexibility index (Phi) is 10.3. The van der Waals surface area contributed by atoms with Gasteiger partial charge in [0.15, 0.2) is 0 Å². The van der Waals surface area contributed by atoms with Crippen molar-refractivity contribution in [2.75, 3.05) is 7.11 Å². The van der Waals surface area contributed by atoms with Crippen LogP contribution in [0.15, 0.2) is 41.3 Å². The van der Waals surface area contributed by atoms with Gasteiger partial charge in [-0.05, 0) is 79.5 Å². The Morgan fingerprint density at radius 3 is 2.13 bits per heavy atom. The summed E-state index contributed by atoms with van der Waals surface area (Å²) < 4.78 is 49.7. The van der Waals surface area contributed by atoms with Gasteiger partial charge in [0.25, 0.3) is 0 Å². The first kappa shape index (κ1) is 35.4. The number of halogens is 1. The normalized spacial score (nSPS) is 15.4.